The number of carbonyl (C=O) groups excluding carboxylic acids is 3. The van der Waals surface area contributed by atoms with Gasteiger partial charge in [-0.2, -0.15) is 5.01 Å². The maximum absolute atomic E-state index is 14.6. The number of nitro benzene ring substituents is 1. The average Bonchev–Trinajstić information content (AvgIpc) is 3.26. The van der Waals surface area contributed by atoms with Gasteiger partial charge in [0, 0.05) is 11.6 Å². The van der Waals surface area contributed by atoms with Crippen LogP contribution in [0.4, 0.5) is 10.1 Å². The Balaban J connectivity index is 1.66. The third-order valence-corrected chi connectivity index (χ3v) is 11.2. The fourth-order valence-corrected chi connectivity index (χ4v) is 8.12. The van der Waals surface area contributed by atoms with E-state index in [-0.39, 0.29) is 15.6 Å². The number of imide groups is 1. The first-order chi connectivity index (χ1) is 17.7. The number of nitrogens with zero attached hydrogens (tertiary/aromatic N) is 3. The molecule has 2 aromatic carbocycles. The van der Waals surface area contributed by atoms with Gasteiger partial charge in [0.1, 0.15) is 21.1 Å². The molecule has 0 spiro atoms. The summed E-state index contributed by atoms with van der Waals surface area (Å²) < 4.78 is 12.4. The lowest BCUT2D eigenvalue weighted by Gasteiger charge is -2.37. The predicted molar refractivity (Wildman–Crippen MR) is 139 cm³/mol. The van der Waals surface area contributed by atoms with Gasteiger partial charge in [-0.25, -0.2) is 9.40 Å². The number of hydrogen-bond donors (Lipinski definition) is 0. The van der Waals surface area contributed by atoms with Crippen molar-refractivity contribution in [3.05, 3.63) is 85.7 Å². The van der Waals surface area contributed by atoms with Crippen molar-refractivity contribution in [3.8, 4) is 0 Å². The van der Waals surface area contributed by atoms with Crippen molar-refractivity contribution >= 4 is 93.0 Å². The molecule has 0 unspecified atom stereocenters. The number of allylic oxidation sites excluding steroid dienone is 2. The lowest BCUT2D eigenvalue weighted by molar-refractivity contribution is -0.385. The van der Waals surface area contributed by atoms with E-state index in [0.29, 0.717) is 10.0 Å². The molecule has 3 amide bonds. The normalized spacial score (nSPS) is 29.2. The molecule has 2 fully saturated rings. The van der Waals surface area contributed by atoms with Gasteiger partial charge in [0.15, 0.2) is 4.33 Å². The van der Waals surface area contributed by atoms with E-state index in [1.165, 1.54) is 30.3 Å². The molecule has 0 radical (unpaired) electrons. The molecule has 0 N–H and O–H groups in total. The average molecular weight is 642 g/mol. The molecule has 5 rings (SSSR count). The lowest BCUT2D eigenvalue weighted by atomic mass is 9.84. The van der Waals surface area contributed by atoms with Crippen molar-refractivity contribution in [2.45, 2.75) is 20.6 Å². The van der Waals surface area contributed by atoms with Gasteiger partial charge in [0.05, 0.1) is 33.4 Å². The number of amides is 3. The van der Waals surface area contributed by atoms with Crippen molar-refractivity contribution < 1.29 is 23.7 Å². The van der Waals surface area contributed by atoms with Crippen molar-refractivity contribution in [1.29, 1.82) is 0 Å². The summed E-state index contributed by atoms with van der Waals surface area (Å²) in [6.45, 7) is -0.666. The Morgan fingerprint density at radius 2 is 1.45 bits per heavy atom. The van der Waals surface area contributed by atoms with Crippen LogP contribution in [0.5, 0.6) is 0 Å². The van der Waals surface area contributed by atoms with Crippen LogP contribution < -0.4 is 0 Å². The maximum atomic E-state index is 14.6. The first-order valence-corrected chi connectivity index (χ1v) is 13.0. The molecular weight excluding hydrogens is 630 g/mol. The number of fused-ring (bicyclic) bond motifs is 5. The van der Waals surface area contributed by atoms with E-state index in [1.54, 1.807) is 0 Å². The molecule has 15 heteroatoms. The zero-order valence-corrected chi connectivity index (χ0v) is 23.0. The van der Waals surface area contributed by atoms with E-state index in [2.05, 4.69) is 0 Å². The van der Waals surface area contributed by atoms with Crippen LogP contribution in [0.25, 0.3) is 0 Å². The van der Waals surface area contributed by atoms with E-state index < -0.39 is 72.2 Å². The van der Waals surface area contributed by atoms with Gasteiger partial charge < -0.3 is 0 Å². The molecular formula is C23H12Cl6FN3O5. The van der Waals surface area contributed by atoms with E-state index in [9.17, 15) is 28.9 Å². The van der Waals surface area contributed by atoms with Gasteiger partial charge >= 0.3 is 0 Å². The molecule has 1 saturated carbocycles. The minimum atomic E-state index is -2.21. The highest BCUT2D eigenvalue weighted by atomic mass is 35.5. The van der Waals surface area contributed by atoms with Crippen LogP contribution in [0.1, 0.15) is 15.9 Å². The second-order valence-electron chi connectivity index (χ2n) is 8.80. The van der Waals surface area contributed by atoms with E-state index in [0.717, 1.165) is 18.2 Å². The Hall–Kier alpha value is -2.14. The monoisotopic (exact) mass is 639 g/mol. The Bertz CT molecular complexity index is 1440. The standard InChI is InChI=1S/C23H12Cl6FN3O5/c24-16-17(25)22(27)15-14(21(16,26)23(22,28)29)19(35)32(20(15)36)31(9-10-5-1-3-7-12(10)30)18(34)11-6-2-4-8-13(11)33(37)38/h1-8,14-15H,9H2/t14-,15+,21-,22-/m1/s1. The number of nitro groups is 1. The summed E-state index contributed by atoms with van der Waals surface area (Å²) in [6, 6.07) is 10.2. The van der Waals surface area contributed by atoms with E-state index >= 15 is 0 Å². The third kappa shape index (κ3) is 3.26. The largest absolute Gasteiger partial charge is 0.282 e. The van der Waals surface area contributed by atoms with Crippen LogP contribution in [0.2, 0.25) is 0 Å². The highest BCUT2D eigenvalue weighted by Gasteiger charge is 2.88. The molecule has 38 heavy (non-hydrogen) atoms. The zero-order valence-electron chi connectivity index (χ0n) is 18.5. The summed E-state index contributed by atoms with van der Waals surface area (Å²) in [6.07, 6.45) is 0. The predicted octanol–water partition coefficient (Wildman–Crippen LogP) is 5.74. The number of hydrogen-bond acceptors (Lipinski definition) is 5. The van der Waals surface area contributed by atoms with Gasteiger partial charge in [-0.15, -0.1) is 23.2 Å². The Labute approximate surface area is 243 Å². The SMILES string of the molecule is O=C(c1ccccc1[N+](=O)[O-])N(Cc1ccccc1F)N1C(=O)[C@@H]2[C@H](C1=O)[C@@]1(Cl)C(Cl)=C(Cl)[C@@]2(Cl)C1(Cl)Cl. The molecule has 8 nitrogen and oxygen atoms in total. The summed E-state index contributed by atoms with van der Waals surface area (Å²) in [7, 11) is 0. The summed E-state index contributed by atoms with van der Waals surface area (Å²) in [5.74, 6) is -7.19. The molecule has 2 aliphatic carbocycles. The summed E-state index contributed by atoms with van der Waals surface area (Å²) in [4.78, 5) is 48.0. The minimum absolute atomic E-state index is 0.0977. The fraction of sp³-hybridized carbons (Fsp3) is 0.261. The number of halogens is 7. The first-order valence-electron chi connectivity index (χ1n) is 10.7. The lowest BCUT2D eigenvalue weighted by Crippen LogP contribution is -2.55. The second kappa shape index (κ2) is 8.94. The zero-order chi connectivity index (χ0) is 27.9. The molecule has 198 valence electrons. The number of rotatable bonds is 5. The van der Waals surface area contributed by atoms with Crippen molar-refractivity contribution in [2.24, 2.45) is 11.8 Å². The smallest absolute Gasteiger partial charge is 0.272 e. The van der Waals surface area contributed by atoms with Crippen LogP contribution >= 0.6 is 69.6 Å². The number of alkyl halides is 4. The van der Waals surface area contributed by atoms with Gasteiger partial charge in [-0.05, 0) is 12.1 Å². The number of para-hydroxylation sites is 1. The Kier molecular flexibility index (Phi) is 6.45. The van der Waals surface area contributed by atoms with Crippen molar-refractivity contribution in [2.75, 3.05) is 0 Å². The third-order valence-electron chi connectivity index (χ3n) is 6.97. The number of benzene rings is 2. The topological polar surface area (TPSA) is 101 Å². The summed E-state index contributed by atoms with van der Waals surface area (Å²) >= 11 is 39.1. The number of carbonyl (C=O) groups is 3. The molecule has 3 aliphatic rings. The highest BCUT2D eigenvalue weighted by molar-refractivity contribution is 6.66. The minimum Gasteiger partial charge on any atom is -0.272 e. The molecule has 4 atom stereocenters. The van der Waals surface area contributed by atoms with Crippen LogP contribution in [0.3, 0.4) is 0 Å². The fourth-order valence-electron chi connectivity index (χ4n) is 5.19. The summed E-state index contributed by atoms with van der Waals surface area (Å²) in [5, 5.41) is 12.0. The van der Waals surface area contributed by atoms with Crippen molar-refractivity contribution in [1.82, 2.24) is 10.0 Å². The van der Waals surface area contributed by atoms with Crippen LogP contribution in [-0.2, 0) is 16.1 Å². The molecule has 1 saturated heterocycles. The molecule has 1 heterocycles. The van der Waals surface area contributed by atoms with Gasteiger partial charge in [-0.1, -0.05) is 76.7 Å². The quantitative estimate of drug-likeness (QED) is 0.179. The summed E-state index contributed by atoms with van der Waals surface area (Å²) in [5.41, 5.74) is -1.17. The van der Waals surface area contributed by atoms with Gasteiger partial charge in [-0.3, -0.25) is 24.5 Å². The second-order valence-corrected chi connectivity index (χ2v) is 12.1. The maximum Gasteiger partial charge on any atom is 0.282 e. The molecule has 2 aromatic rings. The first kappa shape index (κ1) is 27.4. The molecule has 0 aromatic heterocycles. The Morgan fingerprint density at radius 1 is 0.947 bits per heavy atom. The number of hydrazine groups is 1. The van der Waals surface area contributed by atoms with E-state index in [1.807, 2.05) is 0 Å². The van der Waals surface area contributed by atoms with Gasteiger partial charge in [0.25, 0.3) is 23.4 Å². The highest BCUT2D eigenvalue weighted by Crippen LogP contribution is 2.77. The Morgan fingerprint density at radius 3 is 1.97 bits per heavy atom. The van der Waals surface area contributed by atoms with Gasteiger partial charge in [0.2, 0.25) is 0 Å². The van der Waals surface area contributed by atoms with Crippen LogP contribution in [0.15, 0.2) is 58.6 Å². The van der Waals surface area contributed by atoms with E-state index in [4.69, 9.17) is 69.6 Å². The van der Waals surface area contributed by atoms with Crippen LogP contribution in [-0.4, -0.2) is 46.7 Å². The van der Waals surface area contributed by atoms with Crippen LogP contribution in [0, 0.1) is 27.8 Å². The van der Waals surface area contributed by atoms with Crippen molar-refractivity contribution in [3.63, 3.8) is 0 Å². The molecule has 2 bridgehead atoms. The molecule has 1 aliphatic heterocycles.